The van der Waals surface area contributed by atoms with Gasteiger partial charge in [-0.25, -0.2) is 9.67 Å². The number of aromatic nitrogens is 3. The number of fused-ring (bicyclic) bond motifs is 3. The fraction of sp³-hybridized carbons (Fsp3) is 0.273. The molecule has 0 N–H and O–H groups in total. The Bertz CT molecular complexity index is 1150. The van der Waals surface area contributed by atoms with Crippen LogP contribution in [0.25, 0.3) is 5.69 Å². The summed E-state index contributed by atoms with van der Waals surface area (Å²) in [6.07, 6.45) is -4.50. The molecule has 0 bridgehead atoms. The average molecular weight is 427 g/mol. The highest BCUT2D eigenvalue weighted by Crippen LogP contribution is 2.33. The topological polar surface area (TPSA) is 63.4 Å². The van der Waals surface area contributed by atoms with Crippen LogP contribution < -0.4 is 0 Å². The molecule has 0 saturated carbocycles. The van der Waals surface area contributed by atoms with Gasteiger partial charge in [0.25, 0.3) is 5.91 Å². The Morgan fingerprint density at radius 2 is 1.81 bits per heavy atom. The van der Waals surface area contributed by atoms with Crippen molar-refractivity contribution in [3.05, 3.63) is 76.9 Å². The fourth-order valence-electron chi connectivity index (χ4n) is 3.55. The number of rotatable bonds is 4. The normalized spacial score (nSPS) is 13.1. The van der Waals surface area contributed by atoms with Crippen molar-refractivity contribution in [2.24, 2.45) is 4.99 Å². The van der Waals surface area contributed by atoms with Crippen molar-refractivity contribution in [3.8, 4) is 5.69 Å². The minimum Gasteiger partial charge on any atom is -0.336 e. The molecule has 1 aliphatic rings. The first kappa shape index (κ1) is 20.8. The second-order valence-corrected chi connectivity index (χ2v) is 7.00. The number of carbonyl (C=O) groups is 1. The Hall–Kier alpha value is -3.49. The van der Waals surface area contributed by atoms with E-state index in [2.05, 4.69) is 15.1 Å². The third-order valence-corrected chi connectivity index (χ3v) is 5.15. The number of hydrogen-bond acceptors (Lipinski definition) is 4. The zero-order chi connectivity index (χ0) is 22.2. The van der Waals surface area contributed by atoms with Gasteiger partial charge >= 0.3 is 6.18 Å². The lowest BCUT2D eigenvalue weighted by Crippen LogP contribution is -2.31. The highest BCUT2D eigenvalue weighted by molar-refractivity contribution is 6.15. The van der Waals surface area contributed by atoms with E-state index in [1.807, 2.05) is 19.9 Å². The number of halogens is 3. The van der Waals surface area contributed by atoms with Crippen LogP contribution in [0, 0.1) is 0 Å². The molecule has 31 heavy (non-hydrogen) atoms. The first-order valence-corrected chi connectivity index (χ1v) is 9.90. The van der Waals surface area contributed by atoms with E-state index in [-0.39, 0.29) is 23.8 Å². The predicted octanol–water partition coefficient (Wildman–Crippen LogP) is 4.12. The van der Waals surface area contributed by atoms with Crippen LogP contribution in [0.15, 0.2) is 53.5 Å². The summed E-state index contributed by atoms with van der Waals surface area (Å²) in [5, 5.41) is 4.35. The van der Waals surface area contributed by atoms with Gasteiger partial charge < -0.3 is 4.90 Å². The molecule has 0 unspecified atom stereocenters. The van der Waals surface area contributed by atoms with Gasteiger partial charge in [0, 0.05) is 24.2 Å². The number of benzene rings is 2. The Balaban J connectivity index is 1.89. The third-order valence-electron chi connectivity index (χ3n) is 5.15. The smallest absolute Gasteiger partial charge is 0.336 e. The summed E-state index contributed by atoms with van der Waals surface area (Å²) < 4.78 is 41.7. The maximum absolute atomic E-state index is 13.4. The lowest BCUT2D eigenvalue weighted by Gasteiger charge is -2.16. The molecule has 0 fully saturated rings. The van der Waals surface area contributed by atoms with Gasteiger partial charge in [0.05, 0.1) is 23.5 Å². The monoisotopic (exact) mass is 427 g/mol. The molecule has 0 atom stereocenters. The first-order valence-electron chi connectivity index (χ1n) is 9.90. The number of aliphatic imine (C=N–C) groups is 1. The summed E-state index contributed by atoms with van der Waals surface area (Å²) in [6.45, 7) is 4.79. The van der Waals surface area contributed by atoms with Crippen LogP contribution in [0.4, 0.5) is 13.2 Å². The SMILES string of the molecule is CCN(CC)C(=O)c1nc2n(n1)-c1ccc(C(F)(F)F)cc1C(c1ccccc1)=NC2. The molecule has 4 rings (SSSR count). The molecule has 0 saturated heterocycles. The maximum atomic E-state index is 13.4. The van der Waals surface area contributed by atoms with E-state index in [0.29, 0.717) is 35.9 Å². The van der Waals surface area contributed by atoms with E-state index in [1.165, 1.54) is 10.7 Å². The van der Waals surface area contributed by atoms with Crippen molar-refractivity contribution in [2.45, 2.75) is 26.6 Å². The molecule has 0 spiro atoms. The van der Waals surface area contributed by atoms with Gasteiger partial charge in [-0.1, -0.05) is 30.3 Å². The Labute approximate surface area is 177 Å². The molecule has 6 nitrogen and oxygen atoms in total. The second-order valence-electron chi connectivity index (χ2n) is 7.00. The van der Waals surface area contributed by atoms with Crippen molar-refractivity contribution < 1.29 is 18.0 Å². The van der Waals surface area contributed by atoms with Gasteiger partial charge in [-0.15, -0.1) is 5.10 Å². The largest absolute Gasteiger partial charge is 0.416 e. The van der Waals surface area contributed by atoms with Gasteiger partial charge in [-0.05, 0) is 32.0 Å². The summed E-state index contributed by atoms with van der Waals surface area (Å²) in [5.41, 5.74) is 1.01. The van der Waals surface area contributed by atoms with E-state index in [1.54, 1.807) is 29.2 Å². The maximum Gasteiger partial charge on any atom is 0.416 e. The second kappa shape index (κ2) is 7.98. The van der Waals surface area contributed by atoms with Crippen LogP contribution >= 0.6 is 0 Å². The van der Waals surface area contributed by atoms with Crippen LogP contribution in [-0.4, -0.2) is 44.4 Å². The minimum absolute atomic E-state index is 0.00269. The molecular weight excluding hydrogens is 407 g/mol. The molecule has 3 aromatic rings. The van der Waals surface area contributed by atoms with Crippen molar-refractivity contribution in [1.29, 1.82) is 0 Å². The highest BCUT2D eigenvalue weighted by atomic mass is 19.4. The standard InChI is InChI=1S/C22H20F3N5O/c1-3-29(4-2)21(31)20-27-18-13-26-19(14-8-6-5-7-9-14)16-12-15(22(23,24)25)10-11-17(16)30(18)28-20/h5-12H,3-4,13H2,1-2H3. The van der Waals surface area contributed by atoms with Gasteiger partial charge in [0.2, 0.25) is 5.82 Å². The summed E-state index contributed by atoms with van der Waals surface area (Å²) in [7, 11) is 0. The minimum atomic E-state index is -4.50. The van der Waals surface area contributed by atoms with Gasteiger partial charge in [-0.3, -0.25) is 9.79 Å². The summed E-state index contributed by atoms with van der Waals surface area (Å²) in [5.74, 6) is 0.0663. The summed E-state index contributed by atoms with van der Waals surface area (Å²) in [6, 6.07) is 12.4. The Kier molecular flexibility index (Phi) is 5.34. The average Bonchev–Trinajstić information content (AvgIpc) is 3.12. The van der Waals surface area contributed by atoms with Crippen LogP contribution in [-0.2, 0) is 12.7 Å². The zero-order valence-electron chi connectivity index (χ0n) is 17.0. The first-order chi connectivity index (χ1) is 14.8. The lowest BCUT2D eigenvalue weighted by atomic mass is 9.98. The number of hydrogen-bond donors (Lipinski definition) is 0. The Morgan fingerprint density at radius 3 is 2.45 bits per heavy atom. The quantitative estimate of drug-likeness (QED) is 0.629. The van der Waals surface area contributed by atoms with Crippen LogP contribution in [0.3, 0.4) is 0 Å². The van der Waals surface area contributed by atoms with Crippen LogP contribution in [0.5, 0.6) is 0 Å². The number of carbonyl (C=O) groups excluding carboxylic acids is 1. The highest BCUT2D eigenvalue weighted by Gasteiger charge is 2.33. The lowest BCUT2D eigenvalue weighted by molar-refractivity contribution is -0.137. The van der Waals surface area contributed by atoms with E-state index in [4.69, 9.17) is 0 Å². The number of alkyl halides is 3. The zero-order valence-corrected chi connectivity index (χ0v) is 17.0. The molecule has 2 heterocycles. The van der Waals surface area contributed by atoms with Crippen molar-refractivity contribution >= 4 is 11.6 Å². The molecule has 0 radical (unpaired) electrons. The van der Waals surface area contributed by atoms with Gasteiger partial charge in [0.15, 0.2) is 5.82 Å². The Morgan fingerprint density at radius 1 is 1.10 bits per heavy atom. The molecule has 160 valence electrons. The molecule has 0 aliphatic carbocycles. The molecule has 1 aliphatic heterocycles. The molecule has 2 aromatic carbocycles. The predicted molar refractivity (Wildman–Crippen MR) is 109 cm³/mol. The van der Waals surface area contributed by atoms with E-state index >= 15 is 0 Å². The van der Waals surface area contributed by atoms with Crippen LogP contribution in [0.1, 0.15) is 47.0 Å². The molecule has 1 aromatic heterocycles. The summed E-state index contributed by atoms with van der Waals surface area (Å²) >= 11 is 0. The van der Waals surface area contributed by atoms with E-state index < -0.39 is 11.7 Å². The number of nitrogens with zero attached hydrogens (tertiary/aromatic N) is 5. The van der Waals surface area contributed by atoms with Crippen LogP contribution in [0.2, 0.25) is 0 Å². The molecule has 9 heteroatoms. The third kappa shape index (κ3) is 3.83. The van der Waals surface area contributed by atoms with Crippen molar-refractivity contribution in [2.75, 3.05) is 13.1 Å². The molecule has 1 amide bonds. The summed E-state index contributed by atoms with van der Waals surface area (Å²) in [4.78, 5) is 23.2. The van der Waals surface area contributed by atoms with Crippen molar-refractivity contribution in [3.63, 3.8) is 0 Å². The van der Waals surface area contributed by atoms with Gasteiger partial charge in [0.1, 0.15) is 0 Å². The van der Waals surface area contributed by atoms with Gasteiger partial charge in [-0.2, -0.15) is 13.2 Å². The van der Waals surface area contributed by atoms with E-state index in [0.717, 1.165) is 12.1 Å². The molecular formula is C22H20F3N5O. The fourth-order valence-corrected chi connectivity index (χ4v) is 3.55. The number of amides is 1. The van der Waals surface area contributed by atoms with E-state index in [9.17, 15) is 18.0 Å². The van der Waals surface area contributed by atoms with Crippen molar-refractivity contribution in [1.82, 2.24) is 19.7 Å².